The fourth-order valence-corrected chi connectivity index (χ4v) is 1.99. The molecule has 0 aromatic heterocycles. The number of hydrogen-bond donors (Lipinski definition) is 1. The van der Waals surface area contributed by atoms with Gasteiger partial charge >= 0.3 is 12.1 Å². The number of imide groups is 1. The standard InChI is InChI=1S/C13H13F2NO5S/c1-2-20-13(19)16-10(17)7-21-11(18)8-5-3-4-6-9(8)22-12(14)15/h3-6,12H,2,7H2,1H3,(H,16,17,19). The maximum Gasteiger partial charge on any atom is 0.413 e. The Balaban J connectivity index is 2.59. The maximum atomic E-state index is 12.4. The Morgan fingerprint density at radius 2 is 1.91 bits per heavy atom. The highest BCUT2D eigenvalue weighted by Gasteiger charge is 2.18. The van der Waals surface area contributed by atoms with E-state index in [0.29, 0.717) is 0 Å². The first-order valence-corrected chi connectivity index (χ1v) is 6.99. The summed E-state index contributed by atoms with van der Waals surface area (Å²) < 4.78 is 33.9. The van der Waals surface area contributed by atoms with E-state index in [1.54, 1.807) is 6.92 Å². The van der Waals surface area contributed by atoms with E-state index in [1.807, 2.05) is 5.32 Å². The first-order chi connectivity index (χ1) is 10.4. The number of alkyl carbamates (subject to hydrolysis) is 1. The van der Waals surface area contributed by atoms with Crippen LogP contribution in [0.4, 0.5) is 13.6 Å². The largest absolute Gasteiger partial charge is 0.452 e. The molecule has 0 aliphatic carbocycles. The van der Waals surface area contributed by atoms with Gasteiger partial charge in [0.2, 0.25) is 0 Å². The highest BCUT2D eigenvalue weighted by atomic mass is 32.2. The molecule has 0 heterocycles. The maximum absolute atomic E-state index is 12.4. The number of esters is 1. The summed E-state index contributed by atoms with van der Waals surface area (Å²) in [4.78, 5) is 34.1. The molecule has 0 atom stereocenters. The molecule has 6 nitrogen and oxygen atoms in total. The number of ether oxygens (including phenoxy) is 2. The van der Waals surface area contributed by atoms with E-state index in [0.717, 1.165) is 0 Å². The lowest BCUT2D eigenvalue weighted by Gasteiger charge is -2.09. The van der Waals surface area contributed by atoms with Crippen molar-refractivity contribution in [2.24, 2.45) is 0 Å². The molecule has 0 unspecified atom stereocenters. The molecule has 0 radical (unpaired) electrons. The molecule has 120 valence electrons. The van der Waals surface area contributed by atoms with Crippen LogP contribution >= 0.6 is 11.8 Å². The van der Waals surface area contributed by atoms with E-state index in [2.05, 4.69) is 9.47 Å². The van der Waals surface area contributed by atoms with Gasteiger partial charge in [-0.2, -0.15) is 8.78 Å². The summed E-state index contributed by atoms with van der Waals surface area (Å²) in [7, 11) is 0. The van der Waals surface area contributed by atoms with Gasteiger partial charge in [-0.05, 0) is 19.1 Å². The number of carbonyl (C=O) groups excluding carboxylic acids is 3. The summed E-state index contributed by atoms with van der Waals surface area (Å²) in [5.41, 5.74) is -0.0864. The highest BCUT2D eigenvalue weighted by molar-refractivity contribution is 7.99. The van der Waals surface area contributed by atoms with Crippen molar-refractivity contribution in [3.8, 4) is 0 Å². The van der Waals surface area contributed by atoms with Crippen LogP contribution in [0, 0.1) is 0 Å². The number of nitrogens with one attached hydrogen (secondary N) is 1. The lowest BCUT2D eigenvalue weighted by atomic mass is 10.2. The van der Waals surface area contributed by atoms with Crippen LogP contribution in [0.25, 0.3) is 0 Å². The van der Waals surface area contributed by atoms with Gasteiger partial charge in [0.05, 0.1) is 12.2 Å². The van der Waals surface area contributed by atoms with Crippen LogP contribution in [0.5, 0.6) is 0 Å². The predicted octanol–water partition coefficient (Wildman–Crippen LogP) is 2.43. The fraction of sp³-hybridized carbons (Fsp3) is 0.308. The minimum absolute atomic E-state index is 0.0355. The quantitative estimate of drug-likeness (QED) is 0.636. The van der Waals surface area contributed by atoms with Gasteiger partial charge in [-0.15, -0.1) is 0 Å². The molecule has 0 fully saturated rings. The molecular formula is C13H13F2NO5S. The molecule has 0 spiro atoms. The van der Waals surface area contributed by atoms with Crippen LogP contribution in [0.2, 0.25) is 0 Å². The molecule has 1 aromatic rings. The van der Waals surface area contributed by atoms with Crippen molar-refractivity contribution in [2.75, 3.05) is 13.2 Å². The molecular weight excluding hydrogens is 320 g/mol. The first-order valence-electron chi connectivity index (χ1n) is 6.11. The van der Waals surface area contributed by atoms with Crippen LogP contribution in [-0.2, 0) is 14.3 Å². The monoisotopic (exact) mass is 333 g/mol. The molecule has 9 heteroatoms. The van der Waals surface area contributed by atoms with E-state index in [1.165, 1.54) is 24.3 Å². The third kappa shape index (κ3) is 6.08. The van der Waals surface area contributed by atoms with Crippen LogP contribution in [0.15, 0.2) is 29.2 Å². The van der Waals surface area contributed by atoms with Gasteiger partial charge in [0.25, 0.3) is 11.7 Å². The topological polar surface area (TPSA) is 81.7 Å². The molecule has 0 saturated heterocycles. The summed E-state index contributed by atoms with van der Waals surface area (Å²) in [6.07, 6.45) is -0.961. The molecule has 22 heavy (non-hydrogen) atoms. The minimum Gasteiger partial charge on any atom is -0.452 e. The molecule has 0 bridgehead atoms. The van der Waals surface area contributed by atoms with Crippen LogP contribution in [-0.4, -0.2) is 36.9 Å². The molecule has 0 aliphatic heterocycles. The Morgan fingerprint density at radius 1 is 1.23 bits per heavy atom. The highest BCUT2D eigenvalue weighted by Crippen LogP contribution is 2.28. The third-order valence-electron chi connectivity index (χ3n) is 2.17. The Bertz CT molecular complexity index is 553. The molecule has 0 aliphatic rings. The van der Waals surface area contributed by atoms with E-state index in [4.69, 9.17) is 0 Å². The number of amides is 2. The van der Waals surface area contributed by atoms with Crippen molar-refractivity contribution >= 4 is 29.7 Å². The summed E-state index contributed by atoms with van der Waals surface area (Å²) >= 11 is 0.196. The normalized spacial score (nSPS) is 10.2. The minimum atomic E-state index is -2.69. The zero-order valence-electron chi connectivity index (χ0n) is 11.5. The molecule has 1 rings (SSSR count). The second-order valence-corrected chi connectivity index (χ2v) is 4.75. The second-order valence-electron chi connectivity index (χ2n) is 3.72. The molecule has 1 aromatic carbocycles. The van der Waals surface area contributed by atoms with E-state index in [9.17, 15) is 23.2 Å². The van der Waals surface area contributed by atoms with Crippen molar-refractivity contribution in [1.29, 1.82) is 0 Å². The van der Waals surface area contributed by atoms with Crippen molar-refractivity contribution in [1.82, 2.24) is 5.32 Å². The van der Waals surface area contributed by atoms with Gasteiger partial charge in [-0.25, -0.2) is 9.59 Å². The van der Waals surface area contributed by atoms with Crippen molar-refractivity contribution in [3.05, 3.63) is 29.8 Å². The second kappa shape index (κ2) is 8.98. The van der Waals surface area contributed by atoms with E-state index >= 15 is 0 Å². The van der Waals surface area contributed by atoms with Crippen molar-refractivity contribution in [2.45, 2.75) is 17.6 Å². The van der Waals surface area contributed by atoms with Crippen molar-refractivity contribution in [3.63, 3.8) is 0 Å². The van der Waals surface area contributed by atoms with E-state index < -0.39 is 30.3 Å². The number of thioether (sulfide) groups is 1. The van der Waals surface area contributed by atoms with E-state index in [-0.39, 0.29) is 28.8 Å². The van der Waals surface area contributed by atoms with Gasteiger partial charge in [0.1, 0.15) is 0 Å². The SMILES string of the molecule is CCOC(=O)NC(=O)COC(=O)c1ccccc1SC(F)F. The Kier molecular flexibility index (Phi) is 7.30. The summed E-state index contributed by atoms with van der Waals surface area (Å²) in [5.74, 6) is -4.52. The van der Waals surface area contributed by atoms with Crippen LogP contribution < -0.4 is 5.32 Å². The smallest absolute Gasteiger partial charge is 0.413 e. The number of alkyl halides is 2. The average Bonchev–Trinajstić information content (AvgIpc) is 2.45. The third-order valence-corrected chi connectivity index (χ3v) is 2.96. The average molecular weight is 333 g/mol. The molecule has 0 saturated carbocycles. The Labute approximate surface area is 129 Å². The van der Waals surface area contributed by atoms with Gasteiger partial charge < -0.3 is 9.47 Å². The zero-order chi connectivity index (χ0) is 16.5. The van der Waals surface area contributed by atoms with Gasteiger partial charge in [-0.3, -0.25) is 10.1 Å². The number of benzene rings is 1. The van der Waals surface area contributed by atoms with Crippen molar-refractivity contribution < 1.29 is 32.6 Å². The lowest BCUT2D eigenvalue weighted by molar-refractivity contribution is -0.123. The number of rotatable bonds is 6. The predicted molar refractivity (Wildman–Crippen MR) is 73.8 cm³/mol. The van der Waals surface area contributed by atoms with Gasteiger partial charge in [-0.1, -0.05) is 23.9 Å². The Hall–Kier alpha value is -2.16. The lowest BCUT2D eigenvalue weighted by Crippen LogP contribution is -2.34. The number of carbonyl (C=O) groups is 3. The summed E-state index contributed by atoms with van der Waals surface area (Å²) in [6.45, 7) is 0.907. The van der Waals surface area contributed by atoms with Crippen LogP contribution in [0.1, 0.15) is 17.3 Å². The summed E-state index contributed by atoms with van der Waals surface area (Å²) in [6, 6.07) is 5.61. The molecule has 1 N–H and O–H groups in total. The first kappa shape index (κ1) is 17.9. The zero-order valence-corrected chi connectivity index (χ0v) is 12.3. The fourth-order valence-electron chi connectivity index (χ4n) is 1.36. The van der Waals surface area contributed by atoms with Gasteiger partial charge in [0.15, 0.2) is 6.61 Å². The van der Waals surface area contributed by atoms with Crippen LogP contribution in [0.3, 0.4) is 0 Å². The van der Waals surface area contributed by atoms with Gasteiger partial charge in [0, 0.05) is 4.90 Å². The number of hydrogen-bond acceptors (Lipinski definition) is 6. The molecule has 2 amide bonds. The Morgan fingerprint density at radius 3 is 2.55 bits per heavy atom. The summed E-state index contributed by atoms with van der Waals surface area (Å²) in [5, 5.41) is 1.83. The number of halogens is 2.